The average molecular weight is 476 g/mol. The van der Waals surface area contributed by atoms with Crippen LogP contribution in [0.1, 0.15) is 17.0 Å². The van der Waals surface area contributed by atoms with Crippen LogP contribution < -0.4 is 10.6 Å². The van der Waals surface area contributed by atoms with Gasteiger partial charge >= 0.3 is 0 Å². The molecular formula is C21H25IN4O. The lowest BCUT2D eigenvalue weighted by Gasteiger charge is -2.12. The molecule has 5 nitrogen and oxygen atoms in total. The van der Waals surface area contributed by atoms with E-state index >= 15 is 0 Å². The minimum absolute atomic E-state index is 0. The number of hydrogen-bond donors (Lipinski definition) is 2. The summed E-state index contributed by atoms with van der Waals surface area (Å²) in [6.45, 7) is 2.12. The summed E-state index contributed by atoms with van der Waals surface area (Å²) in [6.07, 6.45) is 5.25. The zero-order chi connectivity index (χ0) is 17.9. The van der Waals surface area contributed by atoms with E-state index in [1.54, 1.807) is 12.5 Å². The van der Waals surface area contributed by atoms with E-state index in [2.05, 4.69) is 44.9 Å². The summed E-state index contributed by atoms with van der Waals surface area (Å²) < 4.78 is 5.37. The summed E-state index contributed by atoms with van der Waals surface area (Å²) in [5.41, 5.74) is 2.25. The molecule has 0 amide bonds. The van der Waals surface area contributed by atoms with Crippen molar-refractivity contribution in [1.29, 1.82) is 0 Å². The van der Waals surface area contributed by atoms with Gasteiger partial charge in [-0.1, -0.05) is 36.4 Å². The molecule has 142 valence electrons. The van der Waals surface area contributed by atoms with Gasteiger partial charge in [0, 0.05) is 25.7 Å². The van der Waals surface area contributed by atoms with Crippen LogP contribution in [0.3, 0.4) is 0 Å². The summed E-state index contributed by atoms with van der Waals surface area (Å²) in [5, 5.41) is 6.76. The number of aliphatic imine (C=N–C) groups is 1. The topological polar surface area (TPSA) is 62.5 Å². The molecule has 2 heterocycles. The van der Waals surface area contributed by atoms with E-state index in [-0.39, 0.29) is 24.0 Å². The number of halogens is 1. The maximum atomic E-state index is 5.37. The minimum atomic E-state index is 0. The molecule has 6 heteroatoms. The van der Waals surface area contributed by atoms with E-state index < -0.39 is 0 Å². The molecule has 0 saturated carbocycles. The molecule has 0 aliphatic rings. The number of benzene rings is 1. The van der Waals surface area contributed by atoms with Gasteiger partial charge in [-0.3, -0.25) is 4.98 Å². The lowest BCUT2D eigenvalue weighted by atomic mass is 10.1. The van der Waals surface area contributed by atoms with Gasteiger partial charge in [-0.05, 0) is 36.2 Å². The van der Waals surface area contributed by atoms with Crippen molar-refractivity contribution in [3.05, 3.63) is 90.1 Å². The maximum Gasteiger partial charge on any atom is 0.191 e. The number of nitrogens with zero attached hydrogens (tertiary/aromatic N) is 2. The van der Waals surface area contributed by atoms with Gasteiger partial charge in [0.1, 0.15) is 5.76 Å². The van der Waals surface area contributed by atoms with Crippen LogP contribution in [-0.2, 0) is 19.4 Å². The molecule has 2 aromatic heterocycles. The Labute approximate surface area is 177 Å². The van der Waals surface area contributed by atoms with Crippen LogP contribution in [0.2, 0.25) is 0 Å². The van der Waals surface area contributed by atoms with Gasteiger partial charge in [0.15, 0.2) is 5.96 Å². The van der Waals surface area contributed by atoms with Gasteiger partial charge in [0.2, 0.25) is 0 Å². The van der Waals surface area contributed by atoms with Crippen LogP contribution in [0, 0.1) is 0 Å². The normalized spacial score (nSPS) is 10.9. The highest BCUT2D eigenvalue weighted by molar-refractivity contribution is 14.0. The second kappa shape index (κ2) is 12.1. The molecule has 1 aromatic carbocycles. The lowest BCUT2D eigenvalue weighted by Crippen LogP contribution is -2.39. The van der Waals surface area contributed by atoms with E-state index in [0.29, 0.717) is 6.54 Å². The van der Waals surface area contributed by atoms with Crippen molar-refractivity contribution in [2.75, 3.05) is 13.1 Å². The Morgan fingerprint density at radius 2 is 1.67 bits per heavy atom. The maximum absolute atomic E-state index is 5.37. The van der Waals surface area contributed by atoms with Crippen molar-refractivity contribution in [3.8, 4) is 0 Å². The molecule has 0 fully saturated rings. The van der Waals surface area contributed by atoms with Crippen molar-refractivity contribution in [2.45, 2.75) is 19.4 Å². The number of aromatic nitrogens is 1. The van der Waals surface area contributed by atoms with Crippen molar-refractivity contribution in [3.63, 3.8) is 0 Å². The Morgan fingerprint density at radius 1 is 0.889 bits per heavy atom. The second-order valence-corrected chi connectivity index (χ2v) is 5.90. The number of rotatable bonds is 8. The van der Waals surface area contributed by atoms with Gasteiger partial charge in [-0.15, -0.1) is 24.0 Å². The van der Waals surface area contributed by atoms with Crippen LogP contribution >= 0.6 is 24.0 Å². The standard InChI is InChI=1S/C21H24N4O.HI/c1-2-7-18(8-3-1)11-14-23-21(24-15-12-20-10-6-16-26-20)25-17-19-9-4-5-13-22-19;/h1-10,13,16H,11-12,14-15,17H2,(H2,23,24,25);1H. The lowest BCUT2D eigenvalue weighted by molar-refractivity contribution is 0.506. The Morgan fingerprint density at radius 3 is 2.37 bits per heavy atom. The van der Waals surface area contributed by atoms with E-state index in [4.69, 9.17) is 4.42 Å². The SMILES string of the molecule is I.c1ccc(CCNC(=NCc2ccccn2)NCCc2ccco2)cc1. The van der Waals surface area contributed by atoms with Crippen LogP contribution in [0.15, 0.2) is 82.5 Å². The minimum Gasteiger partial charge on any atom is -0.469 e. The number of pyridine rings is 1. The molecule has 0 atom stereocenters. The highest BCUT2D eigenvalue weighted by atomic mass is 127. The van der Waals surface area contributed by atoms with E-state index in [0.717, 1.165) is 43.3 Å². The fourth-order valence-corrected chi connectivity index (χ4v) is 2.55. The van der Waals surface area contributed by atoms with E-state index in [1.807, 2.05) is 36.4 Å². The Hall–Kier alpha value is -2.35. The third-order valence-corrected chi connectivity index (χ3v) is 3.92. The van der Waals surface area contributed by atoms with Crippen LogP contribution in [0.4, 0.5) is 0 Å². The van der Waals surface area contributed by atoms with Crippen LogP contribution in [0.5, 0.6) is 0 Å². The van der Waals surface area contributed by atoms with Crippen molar-refractivity contribution >= 4 is 29.9 Å². The first-order chi connectivity index (χ1) is 12.9. The Balaban J connectivity index is 0.00000261. The third-order valence-electron chi connectivity index (χ3n) is 3.92. The molecule has 0 bridgehead atoms. The molecule has 0 unspecified atom stereocenters. The number of guanidine groups is 1. The largest absolute Gasteiger partial charge is 0.469 e. The van der Waals surface area contributed by atoms with Gasteiger partial charge in [-0.2, -0.15) is 0 Å². The molecule has 0 saturated heterocycles. The molecule has 0 spiro atoms. The fraction of sp³-hybridized carbons (Fsp3) is 0.238. The monoisotopic (exact) mass is 476 g/mol. The van der Waals surface area contributed by atoms with Crippen molar-refractivity contribution in [2.24, 2.45) is 4.99 Å². The highest BCUT2D eigenvalue weighted by Gasteiger charge is 2.01. The second-order valence-electron chi connectivity index (χ2n) is 5.90. The van der Waals surface area contributed by atoms with E-state index in [9.17, 15) is 0 Å². The average Bonchev–Trinajstić information content (AvgIpc) is 3.21. The van der Waals surface area contributed by atoms with Crippen molar-refractivity contribution < 1.29 is 4.42 Å². The smallest absolute Gasteiger partial charge is 0.191 e. The zero-order valence-corrected chi connectivity index (χ0v) is 17.5. The van der Waals surface area contributed by atoms with E-state index in [1.165, 1.54) is 5.56 Å². The summed E-state index contributed by atoms with van der Waals surface area (Å²) >= 11 is 0. The predicted molar refractivity (Wildman–Crippen MR) is 119 cm³/mol. The summed E-state index contributed by atoms with van der Waals surface area (Å²) in [7, 11) is 0. The number of furan rings is 1. The summed E-state index contributed by atoms with van der Waals surface area (Å²) in [4.78, 5) is 8.97. The number of hydrogen-bond acceptors (Lipinski definition) is 3. The Kier molecular flexibility index (Phi) is 9.40. The molecule has 2 N–H and O–H groups in total. The zero-order valence-electron chi connectivity index (χ0n) is 15.2. The molecule has 0 aliphatic carbocycles. The quantitative estimate of drug-likeness (QED) is 0.295. The van der Waals surface area contributed by atoms with Gasteiger partial charge in [0.25, 0.3) is 0 Å². The van der Waals surface area contributed by atoms with Gasteiger partial charge in [0.05, 0.1) is 18.5 Å². The van der Waals surface area contributed by atoms with Crippen LogP contribution in [0.25, 0.3) is 0 Å². The molecule has 3 aromatic rings. The number of nitrogens with one attached hydrogen (secondary N) is 2. The van der Waals surface area contributed by atoms with Gasteiger partial charge < -0.3 is 15.1 Å². The molecule has 0 aliphatic heterocycles. The van der Waals surface area contributed by atoms with Crippen molar-refractivity contribution in [1.82, 2.24) is 15.6 Å². The highest BCUT2D eigenvalue weighted by Crippen LogP contribution is 2.01. The summed E-state index contributed by atoms with van der Waals surface area (Å²) in [5.74, 6) is 1.75. The van der Waals surface area contributed by atoms with Crippen LogP contribution in [-0.4, -0.2) is 24.0 Å². The van der Waals surface area contributed by atoms with Gasteiger partial charge in [-0.25, -0.2) is 4.99 Å². The summed E-state index contributed by atoms with van der Waals surface area (Å²) in [6, 6.07) is 20.2. The predicted octanol–water partition coefficient (Wildman–Crippen LogP) is 3.81. The first-order valence-electron chi connectivity index (χ1n) is 8.88. The molecular weight excluding hydrogens is 451 g/mol. The molecule has 3 rings (SSSR count). The first-order valence-corrected chi connectivity index (χ1v) is 8.88. The fourth-order valence-electron chi connectivity index (χ4n) is 2.55. The third kappa shape index (κ3) is 7.82. The first kappa shape index (κ1) is 21.0. The Bertz CT molecular complexity index is 776. The molecule has 27 heavy (non-hydrogen) atoms. The molecule has 0 radical (unpaired) electrons.